The van der Waals surface area contributed by atoms with Crippen molar-refractivity contribution in [1.82, 2.24) is 20.9 Å². The Bertz CT molecular complexity index is 1110. The highest BCUT2D eigenvalue weighted by atomic mass is 32.2. The van der Waals surface area contributed by atoms with E-state index in [2.05, 4.69) is 16.0 Å². The molecule has 0 spiro atoms. The van der Waals surface area contributed by atoms with Crippen LogP contribution in [0.4, 0.5) is 10.5 Å². The number of nitrogens with zero attached hydrogens (tertiary/aromatic N) is 2. The standard InChI is InChI=1S/C26H35N5O4S/c1-14(2)35-18-7-8-19(15(3)12-18)31-20-9-10-27-25-21(20)22(29-26(31)34)23(36-25)24(33)28-17-6-5-11-30(13-17)16(4)32/h7-8,12,14,17,20-21,25,27H,5-6,9-11,13H2,1-4H3,(H,28,33)(H,29,34)/t17-,20?,21?,25?/m1/s1. The molecule has 10 heteroatoms. The van der Waals surface area contributed by atoms with Crippen LogP contribution in [0.25, 0.3) is 0 Å². The molecule has 4 atom stereocenters. The Labute approximate surface area is 216 Å². The number of carbonyl (C=O) groups excluding carboxylic acids is 3. The predicted octanol–water partition coefficient (Wildman–Crippen LogP) is 2.70. The molecule has 5 rings (SSSR count). The van der Waals surface area contributed by atoms with Crippen molar-refractivity contribution in [2.24, 2.45) is 5.92 Å². The van der Waals surface area contributed by atoms with Gasteiger partial charge >= 0.3 is 6.03 Å². The third kappa shape index (κ3) is 4.68. The van der Waals surface area contributed by atoms with E-state index in [0.717, 1.165) is 55.0 Å². The smallest absolute Gasteiger partial charge is 0.326 e. The van der Waals surface area contributed by atoms with E-state index in [9.17, 15) is 14.4 Å². The van der Waals surface area contributed by atoms with Crippen molar-refractivity contribution in [3.63, 3.8) is 0 Å². The van der Waals surface area contributed by atoms with Gasteiger partial charge in [-0.3, -0.25) is 14.5 Å². The highest BCUT2D eigenvalue weighted by molar-refractivity contribution is 8.04. The Balaban J connectivity index is 1.38. The van der Waals surface area contributed by atoms with Gasteiger partial charge in [0.25, 0.3) is 5.91 Å². The third-order valence-electron chi connectivity index (χ3n) is 7.35. The van der Waals surface area contributed by atoms with Crippen molar-refractivity contribution >= 4 is 35.3 Å². The monoisotopic (exact) mass is 513 g/mol. The van der Waals surface area contributed by atoms with E-state index in [1.165, 1.54) is 11.8 Å². The molecule has 4 aliphatic heterocycles. The van der Waals surface area contributed by atoms with Gasteiger partial charge in [0, 0.05) is 43.4 Å². The van der Waals surface area contributed by atoms with Gasteiger partial charge < -0.3 is 25.6 Å². The van der Waals surface area contributed by atoms with Gasteiger partial charge in [0.05, 0.1) is 22.4 Å². The summed E-state index contributed by atoms with van der Waals surface area (Å²) >= 11 is 1.50. The number of urea groups is 1. The number of likely N-dealkylation sites (tertiary alicyclic amines) is 1. The zero-order valence-electron chi connectivity index (χ0n) is 21.3. The number of thioether (sulfide) groups is 1. The Morgan fingerprint density at radius 2 is 2.06 bits per heavy atom. The maximum absolute atomic E-state index is 13.5. The van der Waals surface area contributed by atoms with Gasteiger partial charge in [0.1, 0.15) is 5.75 Å². The molecule has 9 nitrogen and oxygen atoms in total. The Morgan fingerprint density at radius 3 is 2.78 bits per heavy atom. The van der Waals surface area contributed by atoms with Crippen LogP contribution in [0.1, 0.15) is 45.6 Å². The molecule has 1 aromatic rings. The van der Waals surface area contributed by atoms with Gasteiger partial charge in [0.15, 0.2) is 0 Å². The van der Waals surface area contributed by atoms with E-state index in [-0.39, 0.29) is 47.3 Å². The Kier molecular flexibility index (Phi) is 6.91. The lowest BCUT2D eigenvalue weighted by Crippen LogP contribution is -2.62. The summed E-state index contributed by atoms with van der Waals surface area (Å²) in [6.45, 7) is 9.57. The highest BCUT2D eigenvalue weighted by Crippen LogP contribution is 2.48. The van der Waals surface area contributed by atoms with Crippen molar-refractivity contribution in [2.75, 3.05) is 24.5 Å². The number of nitrogens with one attached hydrogen (secondary N) is 3. The van der Waals surface area contributed by atoms with Crippen LogP contribution in [0.3, 0.4) is 0 Å². The van der Waals surface area contributed by atoms with Crippen molar-refractivity contribution in [3.05, 3.63) is 34.4 Å². The van der Waals surface area contributed by atoms with Gasteiger partial charge in [-0.15, -0.1) is 0 Å². The van der Waals surface area contributed by atoms with Crippen LogP contribution in [0.15, 0.2) is 28.8 Å². The first-order valence-corrected chi connectivity index (χ1v) is 13.7. The maximum Gasteiger partial charge on any atom is 0.326 e. The van der Waals surface area contributed by atoms with Crippen molar-refractivity contribution in [1.29, 1.82) is 0 Å². The van der Waals surface area contributed by atoms with Crippen molar-refractivity contribution in [3.8, 4) is 5.75 Å². The molecule has 0 radical (unpaired) electrons. The second-order valence-electron chi connectivity index (χ2n) is 10.3. The van der Waals surface area contributed by atoms with Crippen LogP contribution in [0, 0.1) is 12.8 Å². The molecule has 1 aromatic carbocycles. The van der Waals surface area contributed by atoms with Gasteiger partial charge in [-0.2, -0.15) is 0 Å². The minimum absolute atomic E-state index is 0.00624. The number of hydrogen-bond acceptors (Lipinski definition) is 6. The van der Waals surface area contributed by atoms with Crippen LogP contribution in [-0.4, -0.2) is 65.9 Å². The fourth-order valence-corrected chi connectivity index (χ4v) is 7.18. The number of benzene rings is 1. The van der Waals surface area contributed by atoms with Gasteiger partial charge in [-0.25, -0.2) is 4.79 Å². The van der Waals surface area contributed by atoms with Crippen LogP contribution in [-0.2, 0) is 9.59 Å². The molecule has 4 aliphatic rings. The van der Waals surface area contributed by atoms with E-state index in [4.69, 9.17) is 4.74 Å². The Hall–Kier alpha value is -2.72. The molecule has 0 aromatic heterocycles. The van der Waals surface area contributed by atoms with E-state index < -0.39 is 0 Å². The predicted molar refractivity (Wildman–Crippen MR) is 140 cm³/mol. The zero-order chi connectivity index (χ0) is 25.6. The van der Waals surface area contributed by atoms with Crippen LogP contribution in [0.5, 0.6) is 5.75 Å². The van der Waals surface area contributed by atoms with Gasteiger partial charge in [0.2, 0.25) is 5.91 Å². The summed E-state index contributed by atoms with van der Waals surface area (Å²) in [5.74, 6) is 0.644. The fourth-order valence-electron chi connectivity index (χ4n) is 5.78. The molecular formula is C26H35N5O4S. The summed E-state index contributed by atoms with van der Waals surface area (Å²) in [7, 11) is 0. The van der Waals surface area contributed by atoms with E-state index >= 15 is 0 Å². The lowest BCUT2D eigenvalue weighted by molar-refractivity contribution is -0.131. The molecule has 194 valence electrons. The summed E-state index contributed by atoms with van der Waals surface area (Å²) in [5, 5.41) is 9.77. The molecule has 36 heavy (non-hydrogen) atoms. The molecule has 4 heterocycles. The maximum atomic E-state index is 13.5. The molecule has 0 saturated carbocycles. The minimum atomic E-state index is -0.208. The number of ether oxygens (including phenoxy) is 1. The summed E-state index contributed by atoms with van der Waals surface area (Å²) in [4.78, 5) is 42.9. The number of hydrogen-bond donors (Lipinski definition) is 3. The molecule has 4 amide bonds. The molecule has 3 unspecified atom stereocenters. The zero-order valence-corrected chi connectivity index (χ0v) is 22.1. The van der Waals surface area contributed by atoms with Gasteiger partial charge in [-0.1, -0.05) is 11.8 Å². The number of amides is 4. The van der Waals surface area contributed by atoms with Crippen LogP contribution < -0.4 is 25.6 Å². The SMILES string of the molecule is CC(=O)N1CCC[C@@H](NC(=O)C2=C3NC(=O)N(c4ccc(OC(C)C)cc4C)C4CCNC(S2)C34)C1. The topological polar surface area (TPSA) is 103 Å². The van der Waals surface area contributed by atoms with Crippen LogP contribution >= 0.6 is 11.8 Å². The van der Waals surface area contributed by atoms with E-state index in [1.54, 1.807) is 11.8 Å². The number of carbonyl (C=O) groups is 3. The van der Waals surface area contributed by atoms with Crippen molar-refractivity contribution < 1.29 is 19.1 Å². The largest absolute Gasteiger partial charge is 0.491 e. The molecular weight excluding hydrogens is 478 g/mol. The second-order valence-corrected chi connectivity index (χ2v) is 11.5. The first kappa shape index (κ1) is 25.0. The lowest BCUT2D eigenvalue weighted by Gasteiger charge is -2.46. The quantitative estimate of drug-likeness (QED) is 0.560. The molecule has 0 bridgehead atoms. The third-order valence-corrected chi connectivity index (χ3v) is 8.70. The highest BCUT2D eigenvalue weighted by Gasteiger charge is 2.52. The Morgan fingerprint density at radius 1 is 1.25 bits per heavy atom. The second kappa shape index (κ2) is 9.97. The first-order chi connectivity index (χ1) is 17.2. The van der Waals surface area contributed by atoms with Crippen molar-refractivity contribution in [2.45, 2.75) is 70.5 Å². The number of anilines is 1. The van der Waals surface area contributed by atoms with Crippen LogP contribution in [0.2, 0.25) is 0 Å². The molecule has 0 aliphatic carbocycles. The average Bonchev–Trinajstić information content (AvgIpc) is 3.19. The summed E-state index contributed by atoms with van der Waals surface area (Å²) in [5.41, 5.74) is 2.56. The number of rotatable bonds is 5. The fraction of sp³-hybridized carbons (Fsp3) is 0.577. The number of aryl methyl sites for hydroxylation is 1. The number of piperidine rings is 2. The van der Waals surface area contributed by atoms with Gasteiger partial charge in [-0.05, 0) is 70.3 Å². The summed E-state index contributed by atoms with van der Waals surface area (Å²) in [6.07, 6.45) is 2.58. The first-order valence-electron chi connectivity index (χ1n) is 12.8. The molecule has 3 N–H and O–H groups in total. The average molecular weight is 514 g/mol. The lowest BCUT2D eigenvalue weighted by atomic mass is 9.86. The minimum Gasteiger partial charge on any atom is -0.491 e. The van der Waals surface area contributed by atoms with E-state index in [1.807, 2.05) is 43.9 Å². The summed E-state index contributed by atoms with van der Waals surface area (Å²) in [6, 6.07) is 5.51. The van der Waals surface area contributed by atoms with E-state index in [0.29, 0.717) is 11.4 Å². The molecule has 3 saturated heterocycles. The normalized spacial score (nSPS) is 27.6. The summed E-state index contributed by atoms with van der Waals surface area (Å²) < 4.78 is 5.83. The molecule has 3 fully saturated rings.